The average Bonchev–Trinajstić information content (AvgIpc) is 2.22. The number of hydrogen-bond acceptors (Lipinski definition) is 2. The van der Waals surface area contributed by atoms with Crippen molar-refractivity contribution in [3.05, 3.63) is 0 Å². The Morgan fingerprint density at radius 3 is 2.56 bits per heavy atom. The van der Waals surface area contributed by atoms with Crippen molar-refractivity contribution >= 4 is 0 Å². The van der Waals surface area contributed by atoms with Gasteiger partial charge in [-0.25, -0.2) is 0 Å². The molecule has 0 spiro atoms. The van der Waals surface area contributed by atoms with Crippen LogP contribution in [0.1, 0.15) is 46.5 Å². The van der Waals surface area contributed by atoms with Crippen LogP contribution in [-0.4, -0.2) is 36.6 Å². The Kier molecular flexibility index (Phi) is 4.26. The van der Waals surface area contributed by atoms with E-state index in [-0.39, 0.29) is 0 Å². The highest BCUT2D eigenvalue weighted by Gasteiger charge is 2.31. The zero-order valence-electron chi connectivity index (χ0n) is 11.2. The van der Waals surface area contributed by atoms with Crippen LogP contribution in [0.15, 0.2) is 0 Å². The lowest BCUT2D eigenvalue weighted by atomic mass is 9.84. The van der Waals surface area contributed by atoms with Gasteiger partial charge in [0.1, 0.15) is 0 Å². The first-order chi connectivity index (χ1) is 7.70. The van der Waals surface area contributed by atoms with E-state index in [0.29, 0.717) is 0 Å². The fraction of sp³-hybridized carbons (Fsp3) is 1.00. The molecule has 0 aromatic carbocycles. The quantitative estimate of drug-likeness (QED) is 0.789. The van der Waals surface area contributed by atoms with Crippen LogP contribution in [0, 0.1) is 11.8 Å². The molecule has 0 aromatic rings. The molecule has 2 heteroatoms. The van der Waals surface area contributed by atoms with Gasteiger partial charge in [-0.15, -0.1) is 0 Å². The molecule has 1 aliphatic heterocycles. The molecule has 2 unspecified atom stereocenters. The fourth-order valence-electron chi connectivity index (χ4n) is 3.05. The summed E-state index contributed by atoms with van der Waals surface area (Å²) in [6.07, 6.45) is 5.70. The van der Waals surface area contributed by atoms with Crippen molar-refractivity contribution in [2.24, 2.45) is 11.8 Å². The molecule has 0 aromatic heterocycles. The molecule has 2 aliphatic rings. The minimum Gasteiger partial charge on any atom is -0.311 e. The van der Waals surface area contributed by atoms with Crippen LogP contribution in [-0.2, 0) is 0 Å². The van der Waals surface area contributed by atoms with E-state index < -0.39 is 0 Å². The van der Waals surface area contributed by atoms with Crippen molar-refractivity contribution in [3.8, 4) is 0 Å². The third-order valence-corrected chi connectivity index (χ3v) is 4.52. The average molecular weight is 224 g/mol. The molecule has 2 nitrogen and oxygen atoms in total. The second-order valence-corrected chi connectivity index (χ2v) is 6.08. The Morgan fingerprint density at radius 2 is 2.06 bits per heavy atom. The molecule has 1 heterocycles. The van der Waals surface area contributed by atoms with E-state index in [0.717, 1.165) is 23.9 Å². The number of hydrogen-bond donors (Lipinski definition) is 1. The van der Waals surface area contributed by atoms with Gasteiger partial charge < -0.3 is 5.32 Å². The third-order valence-electron chi connectivity index (χ3n) is 4.52. The van der Waals surface area contributed by atoms with Crippen LogP contribution < -0.4 is 5.32 Å². The molecule has 0 bridgehead atoms. The van der Waals surface area contributed by atoms with E-state index in [9.17, 15) is 0 Å². The maximum Gasteiger partial charge on any atom is 0.0244 e. The van der Waals surface area contributed by atoms with Crippen molar-refractivity contribution in [1.82, 2.24) is 10.2 Å². The number of rotatable bonds is 4. The summed E-state index contributed by atoms with van der Waals surface area (Å²) in [5.74, 6) is 1.79. The lowest BCUT2D eigenvalue weighted by molar-refractivity contribution is 0.0644. The minimum atomic E-state index is 0.732. The van der Waals surface area contributed by atoms with E-state index in [1.807, 2.05) is 0 Å². The van der Waals surface area contributed by atoms with Gasteiger partial charge in [0.15, 0.2) is 0 Å². The van der Waals surface area contributed by atoms with E-state index in [1.165, 1.54) is 45.3 Å². The van der Waals surface area contributed by atoms with Crippen molar-refractivity contribution in [2.45, 2.75) is 58.5 Å². The normalized spacial score (nSPS) is 33.0. The lowest BCUT2D eigenvalue weighted by Gasteiger charge is -2.45. The van der Waals surface area contributed by atoms with Crippen LogP contribution in [0.2, 0.25) is 0 Å². The topological polar surface area (TPSA) is 15.3 Å². The van der Waals surface area contributed by atoms with Gasteiger partial charge in [0.25, 0.3) is 0 Å². The third kappa shape index (κ3) is 2.78. The second-order valence-electron chi connectivity index (χ2n) is 6.08. The summed E-state index contributed by atoms with van der Waals surface area (Å²) < 4.78 is 0. The predicted molar refractivity (Wildman–Crippen MR) is 69.6 cm³/mol. The molecular formula is C14H28N2. The van der Waals surface area contributed by atoms with Gasteiger partial charge in [-0.2, -0.15) is 0 Å². The number of nitrogens with zero attached hydrogens (tertiary/aromatic N) is 1. The Labute approximate surface area is 101 Å². The van der Waals surface area contributed by atoms with E-state index in [4.69, 9.17) is 0 Å². The molecule has 0 radical (unpaired) electrons. The van der Waals surface area contributed by atoms with Crippen LogP contribution in [0.5, 0.6) is 0 Å². The summed E-state index contributed by atoms with van der Waals surface area (Å²) in [7, 11) is 0. The van der Waals surface area contributed by atoms with E-state index in [1.54, 1.807) is 0 Å². The summed E-state index contributed by atoms with van der Waals surface area (Å²) >= 11 is 0. The van der Waals surface area contributed by atoms with E-state index >= 15 is 0 Å². The highest BCUT2D eigenvalue weighted by Crippen LogP contribution is 2.29. The van der Waals surface area contributed by atoms with Crippen molar-refractivity contribution in [2.75, 3.05) is 19.6 Å². The number of piperazine rings is 1. The molecular weight excluding hydrogens is 196 g/mol. The molecule has 94 valence electrons. The smallest absolute Gasteiger partial charge is 0.0244 e. The van der Waals surface area contributed by atoms with Crippen LogP contribution >= 0.6 is 0 Å². The molecule has 1 saturated carbocycles. The largest absolute Gasteiger partial charge is 0.311 e. The van der Waals surface area contributed by atoms with Gasteiger partial charge in [0, 0.05) is 31.7 Å². The monoisotopic (exact) mass is 224 g/mol. The first kappa shape index (κ1) is 12.4. The molecule has 2 fully saturated rings. The highest BCUT2D eigenvalue weighted by molar-refractivity contribution is 4.89. The van der Waals surface area contributed by atoms with E-state index in [2.05, 4.69) is 31.0 Å². The van der Waals surface area contributed by atoms with Gasteiger partial charge >= 0.3 is 0 Å². The van der Waals surface area contributed by atoms with Crippen molar-refractivity contribution < 1.29 is 0 Å². The first-order valence-electron chi connectivity index (χ1n) is 7.18. The Bertz CT molecular complexity index is 209. The Hall–Kier alpha value is -0.0800. The maximum atomic E-state index is 3.70. The SMILES string of the molecule is CCC1CN(CC2CCC2)C(C(C)C)CN1. The lowest BCUT2D eigenvalue weighted by Crippen LogP contribution is -2.59. The van der Waals surface area contributed by atoms with Crippen LogP contribution in [0.3, 0.4) is 0 Å². The van der Waals surface area contributed by atoms with Gasteiger partial charge in [-0.05, 0) is 31.1 Å². The predicted octanol–water partition coefficient (Wildman–Crippen LogP) is 2.49. The van der Waals surface area contributed by atoms with Gasteiger partial charge in [-0.1, -0.05) is 27.2 Å². The summed E-state index contributed by atoms with van der Waals surface area (Å²) in [5.41, 5.74) is 0. The second kappa shape index (κ2) is 5.50. The Balaban J connectivity index is 1.90. The fourth-order valence-corrected chi connectivity index (χ4v) is 3.05. The first-order valence-corrected chi connectivity index (χ1v) is 7.18. The van der Waals surface area contributed by atoms with Gasteiger partial charge in [0.05, 0.1) is 0 Å². The summed E-state index contributed by atoms with van der Waals surface area (Å²) in [4.78, 5) is 2.78. The molecule has 0 amide bonds. The van der Waals surface area contributed by atoms with Gasteiger partial charge in [0.2, 0.25) is 0 Å². The molecule has 2 atom stereocenters. The number of nitrogens with one attached hydrogen (secondary N) is 1. The molecule has 1 N–H and O–H groups in total. The minimum absolute atomic E-state index is 0.732. The summed E-state index contributed by atoms with van der Waals surface area (Å²) in [6.45, 7) is 10.9. The van der Waals surface area contributed by atoms with Crippen LogP contribution in [0.25, 0.3) is 0 Å². The van der Waals surface area contributed by atoms with Crippen molar-refractivity contribution in [1.29, 1.82) is 0 Å². The standard InChI is InChI=1S/C14H28N2/c1-4-13-10-16(9-12-6-5-7-12)14(8-15-13)11(2)3/h11-15H,4-10H2,1-3H3. The zero-order chi connectivity index (χ0) is 11.5. The van der Waals surface area contributed by atoms with Crippen molar-refractivity contribution in [3.63, 3.8) is 0 Å². The summed E-state index contributed by atoms with van der Waals surface area (Å²) in [5, 5.41) is 3.70. The van der Waals surface area contributed by atoms with Gasteiger partial charge in [-0.3, -0.25) is 4.90 Å². The molecule has 16 heavy (non-hydrogen) atoms. The Morgan fingerprint density at radius 1 is 1.31 bits per heavy atom. The maximum absolute atomic E-state index is 3.70. The van der Waals surface area contributed by atoms with Crippen LogP contribution in [0.4, 0.5) is 0 Å². The summed E-state index contributed by atoms with van der Waals surface area (Å²) in [6, 6.07) is 1.50. The highest BCUT2D eigenvalue weighted by atomic mass is 15.2. The molecule has 2 rings (SSSR count). The zero-order valence-corrected chi connectivity index (χ0v) is 11.2. The molecule has 1 saturated heterocycles. The molecule has 1 aliphatic carbocycles.